The highest BCUT2D eigenvalue weighted by Gasteiger charge is 2.24. The van der Waals surface area contributed by atoms with E-state index in [-0.39, 0.29) is 17.3 Å². The quantitative estimate of drug-likeness (QED) is 0.520. The van der Waals surface area contributed by atoms with Crippen LogP contribution in [0.3, 0.4) is 0 Å². The molecule has 0 spiro atoms. The van der Waals surface area contributed by atoms with Crippen molar-refractivity contribution in [2.75, 3.05) is 20.1 Å². The Morgan fingerprint density at radius 2 is 1.87 bits per heavy atom. The lowest BCUT2D eigenvalue weighted by Crippen LogP contribution is -2.32. The van der Waals surface area contributed by atoms with Crippen LogP contribution >= 0.6 is 0 Å². The second-order valence-corrected chi connectivity index (χ2v) is 9.37. The Bertz CT molecular complexity index is 1020. The molecule has 2 unspecified atom stereocenters. The standard InChI is InChI=1S/C23H28N4O3S/c1-3-15-24-31(29,30)21-13-11-19(12-14-21)23(28)27(2)16-7-10-20-17-22(26-25-20)18-8-5-4-6-9-18/h1,4-6,8-9,11-14,20,22,24-26H,7,10,15-17H2,2H3. The van der Waals surface area contributed by atoms with Crippen LogP contribution < -0.4 is 15.6 Å². The van der Waals surface area contributed by atoms with E-state index in [1.165, 1.54) is 29.8 Å². The molecule has 1 amide bonds. The van der Waals surface area contributed by atoms with Gasteiger partial charge in [0.2, 0.25) is 10.0 Å². The Kier molecular flexibility index (Phi) is 7.82. The molecule has 3 N–H and O–H groups in total. The Hall–Kier alpha value is -2.70. The van der Waals surface area contributed by atoms with Gasteiger partial charge in [0.15, 0.2) is 0 Å². The van der Waals surface area contributed by atoms with Crippen molar-refractivity contribution in [3.8, 4) is 12.3 Å². The summed E-state index contributed by atoms with van der Waals surface area (Å²) in [6.45, 7) is 0.542. The molecule has 1 aliphatic rings. The fourth-order valence-corrected chi connectivity index (χ4v) is 4.54. The summed E-state index contributed by atoms with van der Waals surface area (Å²) < 4.78 is 26.4. The van der Waals surface area contributed by atoms with Gasteiger partial charge in [-0.3, -0.25) is 15.6 Å². The van der Waals surface area contributed by atoms with E-state index in [2.05, 4.69) is 33.6 Å². The number of sulfonamides is 1. The largest absolute Gasteiger partial charge is 0.342 e. The second-order valence-electron chi connectivity index (χ2n) is 7.61. The number of amides is 1. The van der Waals surface area contributed by atoms with Crippen LogP contribution in [-0.4, -0.2) is 45.4 Å². The van der Waals surface area contributed by atoms with Crippen molar-refractivity contribution < 1.29 is 13.2 Å². The predicted molar refractivity (Wildman–Crippen MR) is 121 cm³/mol. The second kappa shape index (κ2) is 10.6. The highest BCUT2D eigenvalue weighted by molar-refractivity contribution is 7.89. The normalized spacial score (nSPS) is 18.5. The van der Waals surface area contributed by atoms with Crippen molar-refractivity contribution in [1.29, 1.82) is 0 Å². The van der Waals surface area contributed by atoms with Crippen LogP contribution in [0.2, 0.25) is 0 Å². The summed E-state index contributed by atoms with van der Waals surface area (Å²) in [5.74, 6) is 2.09. The van der Waals surface area contributed by atoms with Gasteiger partial charge in [0.1, 0.15) is 0 Å². The lowest BCUT2D eigenvalue weighted by Gasteiger charge is -2.18. The zero-order valence-electron chi connectivity index (χ0n) is 17.5. The lowest BCUT2D eigenvalue weighted by atomic mass is 10.00. The van der Waals surface area contributed by atoms with Gasteiger partial charge in [0.05, 0.1) is 11.4 Å². The molecule has 7 nitrogen and oxygen atoms in total. The highest BCUT2D eigenvalue weighted by Crippen LogP contribution is 2.23. The third kappa shape index (κ3) is 6.15. The molecular formula is C23H28N4O3S. The zero-order chi connectivity index (χ0) is 22.3. The maximum atomic E-state index is 12.6. The van der Waals surface area contributed by atoms with Crippen LogP contribution in [0.15, 0.2) is 59.5 Å². The van der Waals surface area contributed by atoms with Crippen LogP contribution in [0, 0.1) is 12.3 Å². The number of carbonyl (C=O) groups is 1. The Balaban J connectivity index is 1.46. The minimum atomic E-state index is -3.66. The molecule has 164 valence electrons. The summed E-state index contributed by atoms with van der Waals surface area (Å²) in [6.07, 6.45) is 7.91. The average molecular weight is 441 g/mol. The molecule has 0 aliphatic carbocycles. The van der Waals surface area contributed by atoms with Crippen LogP contribution in [0.25, 0.3) is 0 Å². The lowest BCUT2D eigenvalue weighted by molar-refractivity contribution is 0.0791. The first-order valence-electron chi connectivity index (χ1n) is 10.3. The van der Waals surface area contributed by atoms with E-state index in [0.717, 1.165) is 19.3 Å². The summed E-state index contributed by atoms with van der Waals surface area (Å²) >= 11 is 0. The Morgan fingerprint density at radius 1 is 1.16 bits per heavy atom. The molecule has 1 heterocycles. The fourth-order valence-electron chi connectivity index (χ4n) is 3.61. The van der Waals surface area contributed by atoms with Crippen LogP contribution in [0.4, 0.5) is 0 Å². The number of hydrogen-bond donors (Lipinski definition) is 3. The van der Waals surface area contributed by atoms with E-state index in [4.69, 9.17) is 6.42 Å². The number of benzene rings is 2. The first-order chi connectivity index (χ1) is 14.9. The molecular weight excluding hydrogens is 412 g/mol. The molecule has 31 heavy (non-hydrogen) atoms. The van der Waals surface area contributed by atoms with E-state index >= 15 is 0 Å². The van der Waals surface area contributed by atoms with Crippen molar-refractivity contribution in [3.05, 3.63) is 65.7 Å². The number of hydrogen-bond acceptors (Lipinski definition) is 5. The van der Waals surface area contributed by atoms with Gasteiger partial charge >= 0.3 is 0 Å². The molecule has 2 aromatic carbocycles. The first-order valence-corrected chi connectivity index (χ1v) is 11.7. The molecule has 2 aromatic rings. The molecule has 0 radical (unpaired) electrons. The summed E-state index contributed by atoms with van der Waals surface area (Å²) in [7, 11) is -1.91. The van der Waals surface area contributed by atoms with Crippen LogP contribution in [-0.2, 0) is 10.0 Å². The molecule has 1 fully saturated rings. The third-order valence-corrected chi connectivity index (χ3v) is 6.77. The molecule has 0 aromatic heterocycles. The SMILES string of the molecule is C#CCNS(=O)(=O)c1ccc(C(=O)N(C)CCCC2CC(c3ccccc3)NN2)cc1. The Morgan fingerprint density at radius 3 is 2.55 bits per heavy atom. The topological polar surface area (TPSA) is 90.5 Å². The summed E-state index contributed by atoms with van der Waals surface area (Å²) in [4.78, 5) is 14.4. The van der Waals surface area contributed by atoms with E-state index in [0.29, 0.717) is 24.2 Å². The number of nitrogens with zero attached hydrogens (tertiary/aromatic N) is 1. The van der Waals surface area contributed by atoms with Crippen molar-refractivity contribution in [3.63, 3.8) is 0 Å². The van der Waals surface area contributed by atoms with Gasteiger partial charge in [-0.05, 0) is 49.1 Å². The van der Waals surface area contributed by atoms with Crippen molar-refractivity contribution in [1.82, 2.24) is 20.5 Å². The van der Waals surface area contributed by atoms with Gasteiger partial charge < -0.3 is 4.90 Å². The molecule has 1 saturated heterocycles. The Labute approximate surface area is 184 Å². The monoisotopic (exact) mass is 440 g/mol. The van der Waals surface area contributed by atoms with Gasteiger partial charge in [0.25, 0.3) is 5.91 Å². The highest BCUT2D eigenvalue weighted by atomic mass is 32.2. The smallest absolute Gasteiger partial charge is 0.253 e. The number of terminal acetylenes is 1. The number of hydrazine groups is 1. The van der Waals surface area contributed by atoms with Gasteiger partial charge in [-0.15, -0.1) is 6.42 Å². The fraction of sp³-hybridized carbons (Fsp3) is 0.348. The van der Waals surface area contributed by atoms with Gasteiger partial charge in [0, 0.05) is 31.2 Å². The zero-order valence-corrected chi connectivity index (χ0v) is 18.4. The number of rotatable bonds is 9. The summed E-state index contributed by atoms with van der Waals surface area (Å²) in [5.41, 5.74) is 8.41. The van der Waals surface area contributed by atoms with E-state index in [9.17, 15) is 13.2 Å². The predicted octanol–water partition coefficient (Wildman–Crippen LogP) is 2.06. The molecule has 0 saturated carbocycles. The van der Waals surface area contributed by atoms with Crippen molar-refractivity contribution in [2.24, 2.45) is 0 Å². The average Bonchev–Trinajstić information content (AvgIpc) is 3.27. The maximum Gasteiger partial charge on any atom is 0.253 e. The first kappa shape index (κ1) is 23.0. The number of carbonyl (C=O) groups excluding carboxylic acids is 1. The van der Waals surface area contributed by atoms with Crippen molar-refractivity contribution >= 4 is 15.9 Å². The molecule has 0 bridgehead atoms. The van der Waals surface area contributed by atoms with E-state index < -0.39 is 10.0 Å². The van der Waals surface area contributed by atoms with Crippen LogP contribution in [0.5, 0.6) is 0 Å². The number of nitrogens with one attached hydrogen (secondary N) is 3. The minimum Gasteiger partial charge on any atom is -0.342 e. The molecule has 8 heteroatoms. The van der Waals surface area contributed by atoms with Gasteiger partial charge in [-0.1, -0.05) is 36.3 Å². The summed E-state index contributed by atoms with van der Waals surface area (Å²) in [6, 6.07) is 16.9. The molecule has 2 atom stereocenters. The van der Waals surface area contributed by atoms with Gasteiger partial charge in [-0.2, -0.15) is 4.72 Å². The van der Waals surface area contributed by atoms with Gasteiger partial charge in [-0.25, -0.2) is 8.42 Å². The summed E-state index contributed by atoms with van der Waals surface area (Å²) in [5, 5.41) is 0. The molecule has 1 aliphatic heterocycles. The van der Waals surface area contributed by atoms with Crippen molar-refractivity contribution in [2.45, 2.75) is 36.2 Å². The maximum absolute atomic E-state index is 12.6. The third-order valence-electron chi connectivity index (χ3n) is 5.35. The minimum absolute atomic E-state index is 0.0785. The van der Waals surface area contributed by atoms with E-state index in [1.54, 1.807) is 11.9 Å². The van der Waals surface area contributed by atoms with Crippen LogP contribution in [0.1, 0.15) is 41.2 Å². The molecule has 3 rings (SSSR count). The van der Waals surface area contributed by atoms with E-state index in [1.807, 2.05) is 18.2 Å².